The van der Waals surface area contributed by atoms with E-state index in [-0.39, 0.29) is 12.8 Å². The third-order valence-electron chi connectivity index (χ3n) is 3.68. The summed E-state index contributed by atoms with van der Waals surface area (Å²) in [4.78, 5) is 3.90. The molecular weight excluding hydrogens is 259 g/mol. The predicted molar refractivity (Wildman–Crippen MR) is 62.7 cm³/mol. The maximum atomic E-state index is 12.8. The van der Waals surface area contributed by atoms with Gasteiger partial charge in [-0.15, -0.1) is 0 Å². The van der Waals surface area contributed by atoms with Crippen LogP contribution in [0.5, 0.6) is 5.75 Å². The van der Waals surface area contributed by atoms with Crippen molar-refractivity contribution in [2.45, 2.75) is 37.5 Å². The van der Waals surface area contributed by atoms with Crippen LogP contribution >= 0.6 is 0 Å². The second-order valence-corrected chi connectivity index (χ2v) is 4.98. The highest BCUT2D eigenvalue weighted by Gasteiger charge is 2.47. The van der Waals surface area contributed by atoms with Gasteiger partial charge in [0.1, 0.15) is 5.75 Å². The van der Waals surface area contributed by atoms with Crippen molar-refractivity contribution in [3.8, 4) is 5.75 Å². The van der Waals surface area contributed by atoms with Crippen molar-refractivity contribution in [1.29, 1.82) is 0 Å². The zero-order valence-electron chi connectivity index (χ0n) is 10.6. The minimum Gasteiger partial charge on any atom is -0.495 e. The van der Waals surface area contributed by atoms with Gasteiger partial charge in [-0.05, 0) is 31.7 Å². The van der Waals surface area contributed by atoms with Crippen molar-refractivity contribution in [3.63, 3.8) is 0 Å². The van der Waals surface area contributed by atoms with Gasteiger partial charge in [-0.25, -0.2) is 0 Å². The van der Waals surface area contributed by atoms with E-state index < -0.39 is 17.7 Å². The van der Waals surface area contributed by atoms with Crippen LogP contribution in [0.1, 0.15) is 31.2 Å². The summed E-state index contributed by atoms with van der Waals surface area (Å²) < 4.78 is 43.4. The molecule has 2 rings (SSSR count). The minimum absolute atomic E-state index is 0.0726. The maximum Gasteiger partial charge on any atom is 0.391 e. The number of aliphatic hydroxyl groups is 1. The summed E-state index contributed by atoms with van der Waals surface area (Å²) in [5.74, 6) is -1.03. The van der Waals surface area contributed by atoms with Crippen molar-refractivity contribution < 1.29 is 23.0 Å². The van der Waals surface area contributed by atoms with Crippen molar-refractivity contribution in [2.75, 3.05) is 7.11 Å². The number of rotatable bonds is 2. The van der Waals surface area contributed by atoms with Crippen molar-refractivity contribution in [2.24, 2.45) is 5.92 Å². The molecule has 0 aliphatic heterocycles. The highest BCUT2D eigenvalue weighted by Crippen LogP contribution is 2.46. The fourth-order valence-corrected chi connectivity index (χ4v) is 2.58. The van der Waals surface area contributed by atoms with Gasteiger partial charge >= 0.3 is 6.18 Å². The van der Waals surface area contributed by atoms with E-state index in [1.54, 1.807) is 6.07 Å². The third kappa shape index (κ3) is 3.00. The van der Waals surface area contributed by atoms with Crippen LogP contribution in [0.2, 0.25) is 0 Å². The van der Waals surface area contributed by atoms with Gasteiger partial charge in [-0.3, -0.25) is 4.98 Å². The summed E-state index contributed by atoms with van der Waals surface area (Å²) in [7, 11) is 1.45. The Hall–Kier alpha value is -1.30. The average molecular weight is 275 g/mol. The largest absolute Gasteiger partial charge is 0.495 e. The number of nitrogens with zero attached hydrogens (tertiary/aromatic N) is 1. The Morgan fingerprint density at radius 1 is 1.42 bits per heavy atom. The lowest BCUT2D eigenvalue weighted by Crippen LogP contribution is -2.38. The van der Waals surface area contributed by atoms with Gasteiger partial charge < -0.3 is 9.84 Å². The van der Waals surface area contributed by atoms with Gasteiger partial charge in [0.25, 0.3) is 0 Å². The van der Waals surface area contributed by atoms with Crippen LogP contribution in [-0.4, -0.2) is 23.4 Å². The lowest BCUT2D eigenvalue weighted by atomic mass is 9.74. The summed E-state index contributed by atoms with van der Waals surface area (Å²) in [6.45, 7) is 0. The molecule has 1 fully saturated rings. The average Bonchev–Trinajstić information content (AvgIpc) is 2.38. The number of halogens is 3. The Labute approximate surface area is 109 Å². The monoisotopic (exact) mass is 275 g/mol. The van der Waals surface area contributed by atoms with Crippen LogP contribution in [-0.2, 0) is 5.60 Å². The van der Waals surface area contributed by atoms with E-state index in [0.717, 1.165) is 0 Å². The van der Waals surface area contributed by atoms with Crippen LogP contribution in [0.25, 0.3) is 0 Å². The van der Waals surface area contributed by atoms with Gasteiger partial charge in [-0.2, -0.15) is 13.2 Å². The van der Waals surface area contributed by atoms with Crippen LogP contribution < -0.4 is 4.74 Å². The molecule has 0 radical (unpaired) electrons. The highest BCUT2D eigenvalue weighted by atomic mass is 19.4. The molecular formula is C13H16F3NO2. The molecule has 0 saturated heterocycles. The SMILES string of the molecule is COc1cncc(C2(O)CCCC(C(F)(F)F)C2)c1. The molecule has 1 aliphatic rings. The molecule has 1 aliphatic carbocycles. The second kappa shape index (κ2) is 5.00. The number of hydrogen-bond acceptors (Lipinski definition) is 3. The molecule has 3 nitrogen and oxygen atoms in total. The fourth-order valence-electron chi connectivity index (χ4n) is 2.58. The van der Waals surface area contributed by atoms with Gasteiger partial charge in [0.15, 0.2) is 0 Å². The summed E-state index contributed by atoms with van der Waals surface area (Å²) >= 11 is 0. The molecule has 106 valence electrons. The smallest absolute Gasteiger partial charge is 0.391 e. The van der Waals surface area contributed by atoms with Crippen LogP contribution in [0.3, 0.4) is 0 Å². The van der Waals surface area contributed by atoms with Gasteiger partial charge in [-0.1, -0.05) is 0 Å². The molecule has 0 amide bonds. The van der Waals surface area contributed by atoms with E-state index >= 15 is 0 Å². The minimum atomic E-state index is -4.26. The summed E-state index contributed by atoms with van der Waals surface area (Å²) in [5.41, 5.74) is -1.08. The Kier molecular flexibility index (Phi) is 3.71. The predicted octanol–water partition coefficient (Wildman–Crippen LogP) is 3.03. The topological polar surface area (TPSA) is 42.4 Å². The molecule has 6 heteroatoms. The Morgan fingerprint density at radius 2 is 2.16 bits per heavy atom. The van der Waals surface area contributed by atoms with Gasteiger partial charge in [0, 0.05) is 11.8 Å². The van der Waals surface area contributed by atoms with E-state index in [9.17, 15) is 18.3 Å². The number of methoxy groups -OCH3 is 1. The Morgan fingerprint density at radius 3 is 2.79 bits per heavy atom. The normalized spacial score (nSPS) is 28.2. The van der Waals surface area contributed by atoms with E-state index in [2.05, 4.69) is 4.98 Å². The van der Waals surface area contributed by atoms with Crippen molar-refractivity contribution in [1.82, 2.24) is 4.98 Å². The van der Waals surface area contributed by atoms with Gasteiger partial charge in [0.2, 0.25) is 0 Å². The molecule has 19 heavy (non-hydrogen) atoms. The molecule has 1 saturated carbocycles. The maximum absolute atomic E-state index is 12.8. The zero-order valence-corrected chi connectivity index (χ0v) is 10.6. The Balaban J connectivity index is 2.26. The van der Waals surface area contributed by atoms with E-state index in [1.165, 1.54) is 19.5 Å². The first-order valence-corrected chi connectivity index (χ1v) is 6.14. The summed E-state index contributed by atoms with van der Waals surface area (Å²) in [6.07, 6.45) is -0.986. The van der Waals surface area contributed by atoms with Crippen molar-refractivity contribution >= 4 is 0 Å². The Bertz CT molecular complexity index is 450. The molecule has 1 N–H and O–H groups in total. The fraction of sp³-hybridized carbons (Fsp3) is 0.615. The van der Waals surface area contributed by atoms with Crippen molar-refractivity contribution in [3.05, 3.63) is 24.0 Å². The number of alkyl halides is 3. The first kappa shape index (κ1) is 14.1. The number of hydrogen-bond donors (Lipinski definition) is 1. The first-order valence-electron chi connectivity index (χ1n) is 6.14. The number of ether oxygens (including phenoxy) is 1. The third-order valence-corrected chi connectivity index (χ3v) is 3.68. The molecule has 0 spiro atoms. The molecule has 1 aromatic heterocycles. The van der Waals surface area contributed by atoms with Crippen LogP contribution in [0, 0.1) is 5.92 Å². The lowest BCUT2D eigenvalue weighted by molar-refractivity contribution is -0.201. The molecule has 2 atom stereocenters. The second-order valence-electron chi connectivity index (χ2n) is 4.98. The highest BCUT2D eigenvalue weighted by molar-refractivity contribution is 5.28. The molecule has 0 bridgehead atoms. The van der Waals surface area contributed by atoms with E-state index in [0.29, 0.717) is 24.2 Å². The van der Waals surface area contributed by atoms with Gasteiger partial charge in [0.05, 0.1) is 24.8 Å². The molecule has 0 aromatic carbocycles. The molecule has 1 aromatic rings. The van der Waals surface area contributed by atoms with E-state index in [4.69, 9.17) is 4.74 Å². The lowest BCUT2D eigenvalue weighted by Gasteiger charge is -2.37. The summed E-state index contributed by atoms with van der Waals surface area (Å²) in [5, 5.41) is 10.5. The van der Waals surface area contributed by atoms with Crippen LogP contribution in [0.4, 0.5) is 13.2 Å². The zero-order chi connectivity index (χ0) is 14.1. The standard InChI is InChI=1S/C13H16F3NO2/c1-19-11-5-10(7-17-8-11)12(18)4-2-3-9(6-12)13(14,15)16/h5,7-9,18H,2-4,6H2,1H3. The van der Waals surface area contributed by atoms with E-state index in [1.807, 2.05) is 0 Å². The van der Waals surface area contributed by atoms with Crippen LogP contribution in [0.15, 0.2) is 18.5 Å². The summed E-state index contributed by atoms with van der Waals surface area (Å²) in [6, 6.07) is 1.55. The molecule has 2 unspecified atom stereocenters. The molecule has 1 heterocycles. The number of aromatic nitrogens is 1. The number of pyridine rings is 1. The first-order chi connectivity index (χ1) is 8.85. The quantitative estimate of drug-likeness (QED) is 0.902.